The van der Waals surface area contributed by atoms with Gasteiger partial charge in [-0.3, -0.25) is 19.2 Å². The summed E-state index contributed by atoms with van der Waals surface area (Å²) in [6.45, 7) is 15.5. The van der Waals surface area contributed by atoms with Crippen LogP contribution in [0.5, 0.6) is 0 Å². The van der Waals surface area contributed by atoms with Gasteiger partial charge < -0.3 is 19.3 Å². The normalized spacial score (nSPS) is 32.1. The van der Waals surface area contributed by atoms with Crippen molar-refractivity contribution in [3.63, 3.8) is 0 Å². The molecule has 0 spiro atoms. The molecule has 60 heavy (non-hydrogen) atoms. The molecule has 2 aromatic rings. The molecule has 318 valence electrons. The maximum absolute atomic E-state index is 15.2. The Morgan fingerprint density at radius 3 is 1.88 bits per heavy atom. The fourth-order valence-electron chi connectivity index (χ4n) is 11.4. The minimum Gasteiger partial charge on any atom is -0.459 e. The Hall–Kier alpha value is -5.22. The van der Waals surface area contributed by atoms with Crippen molar-refractivity contribution in [1.82, 2.24) is 0 Å². The van der Waals surface area contributed by atoms with Crippen molar-refractivity contribution < 1.29 is 48.1 Å². The van der Waals surface area contributed by atoms with Gasteiger partial charge in [-0.05, 0) is 112 Å². The van der Waals surface area contributed by atoms with E-state index in [4.69, 9.17) is 14.2 Å². The highest BCUT2D eigenvalue weighted by Gasteiger charge is 2.75. The number of rotatable bonds is 11. The van der Waals surface area contributed by atoms with Gasteiger partial charge in [0.2, 0.25) is 0 Å². The largest absolute Gasteiger partial charge is 0.459 e. The zero-order chi connectivity index (χ0) is 44.1. The summed E-state index contributed by atoms with van der Waals surface area (Å²) in [5.74, 6) is -4.75. The molecule has 4 aliphatic rings. The summed E-state index contributed by atoms with van der Waals surface area (Å²) in [6, 6.07) is 18.5. The molecule has 0 aromatic heterocycles. The second-order valence-corrected chi connectivity index (χ2v) is 19.1. The van der Waals surface area contributed by atoms with Crippen LogP contribution in [0.15, 0.2) is 96.6 Å². The van der Waals surface area contributed by atoms with Crippen LogP contribution < -0.4 is 0 Å². The predicted octanol–water partition coefficient (Wildman–Crippen LogP) is 8.03. The molecule has 1 N–H and O–H groups in total. The number of benzene rings is 2. The first-order valence-electron chi connectivity index (χ1n) is 20.8. The van der Waals surface area contributed by atoms with Crippen LogP contribution in [-0.2, 0) is 43.0 Å². The molecular formula is C50H58O10. The zero-order valence-corrected chi connectivity index (χ0v) is 36.2. The molecule has 2 aromatic carbocycles. The van der Waals surface area contributed by atoms with Crippen molar-refractivity contribution in [2.75, 3.05) is 0 Å². The summed E-state index contributed by atoms with van der Waals surface area (Å²) >= 11 is 0. The lowest BCUT2D eigenvalue weighted by Gasteiger charge is -2.64. The van der Waals surface area contributed by atoms with E-state index in [0.29, 0.717) is 6.42 Å². The fourth-order valence-corrected chi connectivity index (χ4v) is 11.4. The Morgan fingerprint density at radius 1 is 0.783 bits per heavy atom. The Kier molecular flexibility index (Phi) is 11.8. The van der Waals surface area contributed by atoms with E-state index in [2.05, 4.69) is 13.0 Å². The summed E-state index contributed by atoms with van der Waals surface area (Å²) in [6.07, 6.45) is 9.20. The van der Waals surface area contributed by atoms with E-state index in [1.165, 1.54) is 38.2 Å². The number of carbonyl (C=O) groups is 6. The molecule has 9 atom stereocenters. The number of ketones is 3. The third-order valence-electron chi connectivity index (χ3n) is 14.5. The van der Waals surface area contributed by atoms with E-state index in [0.717, 1.165) is 16.7 Å². The number of allylic oxidation sites excluding steroid dienone is 2. The highest BCUT2D eigenvalue weighted by Crippen LogP contribution is 2.74. The van der Waals surface area contributed by atoms with Crippen LogP contribution in [0.2, 0.25) is 0 Å². The molecular weight excluding hydrogens is 761 g/mol. The van der Waals surface area contributed by atoms with Gasteiger partial charge in [0.25, 0.3) is 0 Å². The van der Waals surface area contributed by atoms with Gasteiger partial charge in [-0.25, -0.2) is 9.59 Å². The van der Waals surface area contributed by atoms with Gasteiger partial charge in [-0.2, -0.15) is 0 Å². The van der Waals surface area contributed by atoms with Crippen LogP contribution in [0, 0.1) is 39.4 Å². The Balaban J connectivity index is 1.37. The third kappa shape index (κ3) is 7.91. The van der Waals surface area contributed by atoms with Crippen LogP contribution in [0.25, 0.3) is 12.2 Å². The van der Waals surface area contributed by atoms with Gasteiger partial charge in [0.05, 0.1) is 0 Å². The second kappa shape index (κ2) is 16.0. The molecule has 0 aliphatic heterocycles. The molecule has 3 fully saturated rings. The minimum absolute atomic E-state index is 0.0520. The van der Waals surface area contributed by atoms with E-state index in [1.807, 2.05) is 88.4 Å². The number of ether oxygens (including phenoxy) is 3. The fraction of sp³-hybridized carbons (Fsp3) is 0.480. The van der Waals surface area contributed by atoms with Crippen molar-refractivity contribution in [2.45, 2.75) is 111 Å². The van der Waals surface area contributed by atoms with Gasteiger partial charge in [-0.15, -0.1) is 0 Å². The maximum atomic E-state index is 15.2. The number of hydrogen-bond acceptors (Lipinski definition) is 10. The first kappa shape index (κ1) is 44.3. The molecule has 0 saturated heterocycles. The number of fused-ring (bicyclic) bond motifs is 5. The minimum atomic E-state index is -2.14. The van der Waals surface area contributed by atoms with Crippen molar-refractivity contribution in [1.29, 1.82) is 0 Å². The molecule has 10 heteroatoms. The highest BCUT2D eigenvalue weighted by molar-refractivity contribution is 5.99. The zero-order valence-electron chi connectivity index (χ0n) is 36.2. The van der Waals surface area contributed by atoms with E-state index < -0.39 is 80.6 Å². The maximum Gasteiger partial charge on any atom is 0.331 e. The average molecular weight is 819 g/mol. The lowest BCUT2D eigenvalue weighted by Crippen LogP contribution is -2.65. The first-order chi connectivity index (χ1) is 28.0. The van der Waals surface area contributed by atoms with Gasteiger partial charge in [0.15, 0.2) is 17.7 Å². The summed E-state index contributed by atoms with van der Waals surface area (Å²) in [4.78, 5) is 82.1. The SMILES string of the molecule is CC(=O)OC(C)(C)/C=C/C(=O)[C@](C)(O)[C@H]1[C@H](OC(=O)/C=C/c2ccccc2)C[C@@]2(C)[C@@H]3CC=C4[C@@H](C[C@H](OC(=O)/C=C/c5ccccc5)C(=O)C4(C)C)[C@]3(C)C(=O)C[C@]12C. The molecule has 4 aliphatic carbocycles. The van der Waals surface area contributed by atoms with Crippen molar-refractivity contribution >= 4 is 47.4 Å². The van der Waals surface area contributed by atoms with Gasteiger partial charge in [0.1, 0.15) is 23.1 Å². The van der Waals surface area contributed by atoms with Gasteiger partial charge in [0, 0.05) is 42.2 Å². The van der Waals surface area contributed by atoms with Crippen LogP contribution in [0.3, 0.4) is 0 Å². The molecule has 0 bridgehead atoms. The second-order valence-electron chi connectivity index (χ2n) is 19.1. The lowest BCUT2D eigenvalue weighted by atomic mass is 9.38. The topological polar surface area (TPSA) is 150 Å². The Bertz CT molecular complexity index is 2170. The van der Waals surface area contributed by atoms with Crippen LogP contribution in [0.1, 0.15) is 99.1 Å². The van der Waals surface area contributed by atoms with E-state index >= 15 is 4.79 Å². The van der Waals surface area contributed by atoms with Crippen molar-refractivity contribution in [3.8, 4) is 0 Å². The monoisotopic (exact) mass is 818 g/mol. The lowest BCUT2D eigenvalue weighted by molar-refractivity contribution is -0.186. The molecule has 0 heterocycles. The molecule has 0 radical (unpaired) electrons. The van der Waals surface area contributed by atoms with Crippen molar-refractivity contribution in [2.24, 2.45) is 39.4 Å². The van der Waals surface area contributed by atoms with Crippen LogP contribution in [-0.4, -0.2) is 63.8 Å². The van der Waals surface area contributed by atoms with Crippen molar-refractivity contribution in [3.05, 3.63) is 108 Å². The van der Waals surface area contributed by atoms with E-state index in [-0.39, 0.29) is 36.7 Å². The average Bonchev–Trinajstić information content (AvgIpc) is 3.40. The number of esters is 3. The van der Waals surface area contributed by atoms with E-state index in [1.54, 1.807) is 26.0 Å². The standard InChI is InChI=1S/C50H58O10/c1-31(51)60-45(2,3)27-26-39(52)50(9,57)43-37(59-42(55)25-21-33-18-14-11-15-19-33)29-47(6)38-23-22-34-35(49(38,8)40(53)30-48(43,47)7)28-36(44(56)46(34,4)5)58-41(54)24-20-32-16-12-10-13-17-32/h10-22,24-27,35-38,43,57H,23,28-30H2,1-9H3/b24-20+,25-21+,27-26+/t35-,36+,37-,38+,43+,47+,48-,49+,50+/m1/s1. The first-order valence-corrected chi connectivity index (χ1v) is 20.8. The molecule has 10 nitrogen and oxygen atoms in total. The number of hydrogen-bond donors (Lipinski definition) is 1. The number of aliphatic hydroxyl groups is 1. The summed E-state index contributed by atoms with van der Waals surface area (Å²) in [5.41, 5.74) is -4.81. The molecule has 0 amide bonds. The van der Waals surface area contributed by atoms with Gasteiger partial charge >= 0.3 is 17.9 Å². The smallest absolute Gasteiger partial charge is 0.331 e. The predicted molar refractivity (Wildman–Crippen MR) is 226 cm³/mol. The highest BCUT2D eigenvalue weighted by atomic mass is 16.6. The molecule has 6 rings (SSSR count). The summed E-state index contributed by atoms with van der Waals surface area (Å²) < 4.78 is 17.5. The summed E-state index contributed by atoms with van der Waals surface area (Å²) in [5, 5.41) is 12.5. The third-order valence-corrected chi connectivity index (χ3v) is 14.5. The summed E-state index contributed by atoms with van der Waals surface area (Å²) in [7, 11) is 0. The van der Waals surface area contributed by atoms with E-state index in [9.17, 15) is 29.1 Å². The molecule has 3 saturated carbocycles. The van der Waals surface area contributed by atoms with Gasteiger partial charge in [-0.1, -0.05) is 93.1 Å². The Labute approximate surface area is 353 Å². The number of Topliss-reactive ketones (excluding diaryl/α,β-unsaturated/α-hetero) is 2. The Morgan fingerprint density at radius 2 is 1.33 bits per heavy atom. The van der Waals surface area contributed by atoms with Crippen LogP contribution >= 0.6 is 0 Å². The molecule has 0 unspecified atom stereocenters. The number of carbonyl (C=O) groups excluding carboxylic acids is 6. The van der Waals surface area contributed by atoms with Crippen LogP contribution in [0.4, 0.5) is 0 Å². The quantitative estimate of drug-likeness (QED) is 0.102.